The van der Waals surface area contributed by atoms with E-state index < -0.39 is 17.7 Å². The minimum absolute atomic E-state index is 0.0824. The maximum atomic E-state index is 13.1. The summed E-state index contributed by atoms with van der Waals surface area (Å²) in [6.45, 7) is 3.30. The average Bonchev–Trinajstić information content (AvgIpc) is 2.93. The lowest BCUT2D eigenvalue weighted by Gasteiger charge is -2.13. The number of esters is 1. The average molecular weight is 431 g/mol. The molecule has 148 valence electrons. The van der Waals surface area contributed by atoms with Gasteiger partial charge in [0.1, 0.15) is 0 Å². The molecule has 28 heavy (non-hydrogen) atoms. The highest BCUT2D eigenvalue weighted by Gasteiger charge is 2.32. The van der Waals surface area contributed by atoms with Gasteiger partial charge in [0.2, 0.25) is 0 Å². The van der Waals surface area contributed by atoms with Crippen LogP contribution in [-0.2, 0) is 17.5 Å². The van der Waals surface area contributed by atoms with Crippen LogP contribution in [0.15, 0.2) is 24.3 Å². The van der Waals surface area contributed by atoms with Crippen LogP contribution in [0.3, 0.4) is 0 Å². The summed E-state index contributed by atoms with van der Waals surface area (Å²) in [4.78, 5) is 11.9. The van der Waals surface area contributed by atoms with Crippen LogP contribution in [0.5, 0.6) is 0 Å². The van der Waals surface area contributed by atoms with Crippen molar-refractivity contribution in [3.05, 3.63) is 62.3 Å². The lowest BCUT2D eigenvalue weighted by molar-refractivity contribution is -0.137. The number of benzene rings is 2. The Labute approximate surface area is 168 Å². The van der Waals surface area contributed by atoms with Crippen molar-refractivity contribution in [1.29, 1.82) is 0 Å². The summed E-state index contributed by atoms with van der Waals surface area (Å²) in [5, 5.41) is 5.18. The number of hydrogen-bond donors (Lipinski definition) is 0. The van der Waals surface area contributed by atoms with Gasteiger partial charge in [0, 0.05) is 16.0 Å². The van der Waals surface area contributed by atoms with Gasteiger partial charge in [-0.1, -0.05) is 23.2 Å². The number of halogens is 5. The maximum absolute atomic E-state index is 13.1. The van der Waals surface area contributed by atoms with Crippen molar-refractivity contribution in [1.82, 2.24) is 9.78 Å². The van der Waals surface area contributed by atoms with Crippen molar-refractivity contribution in [3.8, 4) is 0 Å². The van der Waals surface area contributed by atoms with E-state index in [1.54, 1.807) is 13.8 Å². The number of rotatable bonds is 3. The molecule has 0 radical (unpaired) electrons. The Kier molecular flexibility index (Phi) is 5.34. The van der Waals surface area contributed by atoms with E-state index in [0.29, 0.717) is 32.7 Å². The van der Waals surface area contributed by atoms with Crippen LogP contribution in [-0.4, -0.2) is 22.9 Å². The molecule has 0 spiro atoms. The number of fused-ring (bicyclic) bond motifs is 1. The van der Waals surface area contributed by atoms with E-state index in [0.717, 1.165) is 12.1 Å². The van der Waals surface area contributed by atoms with E-state index >= 15 is 0 Å². The molecule has 0 fully saturated rings. The summed E-state index contributed by atoms with van der Waals surface area (Å²) in [6, 6.07) is 5.12. The minimum Gasteiger partial charge on any atom is -0.465 e. The summed E-state index contributed by atoms with van der Waals surface area (Å²) >= 11 is 12.6. The highest BCUT2D eigenvalue weighted by atomic mass is 35.5. The molecule has 0 saturated carbocycles. The van der Waals surface area contributed by atoms with E-state index in [-0.39, 0.29) is 17.1 Å². The second kappa shape index (κ2) is 7.29. The molecule has 0 bridgehead atoms. The van der Waals surface area contributed by atoms with Gasteiger partial charge in [0.15, 0.2) is 0 Å². The second-order valence-electron chi connectivity index (χ2n) is 6.31. The third kappa shape index (κ3) is 3.56. The van der Waals surface area contributed by atoms with Crippen LogP contribution in [0.2, 0.25) is 10.0 Å². The Morgan fingerprint density at radius 1 is 1.21 bits per heavy atom. The molecule has 0 N–H and O–H groups in total. The van der Waals surface area contributed by atoms with Crippen LogP contribution in [0.25, 0.3) is 10.9 Å². The summed E-state index contributed by atoms with van der Waals surface area (Å²) in [6.07, 6.45) is -4.45. The molecule has 0 saturated heterocycles. The van der Waals surface area contributed by atoms with Gasteiger partial charge >= 0.3 is 12.1 Å². The van der Waals surface area contributed by atoms with Crippen molar-refractivity contribution in [2.75, 3.05) is 7.11 Å². The van der Waals surface area contributed by atoms with Crippen LogP contribution in [0, 0.1) is 13.8 Å². The number of methoxy groups -OCH3 is 1. The predicted molar refractivity (Wildman–Crippen MR) is 101 cm³/mol. The van der Waals surface area contributed by atoms with Crippen molar-refractivity contribution < 1.29 is 22.7 Å². The van der Waals surface area contributed by atoms with Crippen molar-refractivity contribution in [2.45, 2.75) is 26.6 Å². The molecular formula is C19H15Cl2F3N2O2. The second-order valence-corrected chi connectivity index (χ2v) is 7.09. The fraction of sp³-hybridized carbons (Fsp3) is 0.263. The normalized spacial score (nSPS) is 11.9. The number of aryl methyl sites for hydroxylation is 2. The number of ether oxygens (including phenoxy) is 1. The largest absolute Gasteiger partial charge is 0.465 e. The number of aromatic nitrogens is 2. The topological polar surface area (TPSA) is 44.1 Å². The monoisotopic (exact) mass is 430 g/mol. The van der Waals surface area contributed by atoms with Crippen molar-refractivity contribution in [3.63, 3.8) is 0 Å². The summed E-state index contributed by atoms with van der Waals surface area (Å²) < 4.78 is 45.6. The molecule has 1 heterocycles. The molecule has 0 aliphatic rings. The molecule has 1 aromatic heterocycles. The first-order chi connectivity index (χ1) is 13.0. The quantitative estimate of drug-likeness (QED) is 0.492. The van der Waals surface area contributed by atoms with Crippen LogP contribution < -0.4 is 0 Å². The number of nitrogens with zero attached hydrogens (tertiary/aromatic N) is 2. The highest BCUT2D eigenvalue weighted by Crippen LogP contribution is 2.35. The van der Waals surface area contributed by atoms with E-state index in [4.69, 9.17) is 27.9 Å². The van der Waals surface area contributed by atoms with E-state index in [1.807, 2.05) is 0 Å². The lowest BCUT2D eigenvalue weighted by atomic mass is 10.1. The van der Waals surface area contributed by atoms with Gasteiger partial charge in [0.25, 0.3) is 0 Å². The molecule has 0 aliphatic heterocycles. The van der Waals surface area contributed by atoms with E-state index in [9.17, 15) is 18.0 Å². The molecule has 9 heteroatoms. The van der Waals surface area contributed by atoms with Crippen LogP contribution >= 0.6 is 23.2 Å². The molecule has 4 nitrogen and oxygen atoms in total. The van der Waals surface area contributed by atoms with Gasteiger partial charge in [-0.3, -0.25) is 4.68 Å². The van der Waals surface area contributed by atoms with Gasteiger partial charge in [-0.05, 0) is 43.7 Å². The Morgan fingerprint density at radius 3 is 2.50 bits per heavy atom. The zero-order valence-corrected chi connectivity index (χ0v) is 16.6. The Hall–Kier alpha value is -2.25. The summed E-state index contributed by atoms with van der Waals surface area (Å²) in [5.74, 6) is -0.615. The zero-order chi connectivity index (χ0) is 20.8. The first kappa shape index (κ1) is 20.5. The van der Waals surface area contributed by atoms with Crippen molar-refractivity contribution in [2.24, 2.45) is 0 Å². The molecule has 0 atom stereocenters. The van der Waals surface area contributed by atoms with Crippen LogP contribution in [0.4, 0.5) is 13.2 Å². The Morgan fingerprint density at radius 2 is 1.89 bits per heavy atom. The third-order valence-electron chi connectivity index (χ3n) is 4.45. The minimum atomic E-state index is -4.45. The maximum Gasteiger partial charge on any atom is 0.416 e. The molecule has 0 unspecified atom stereocenters. The van der Waals surface area contributed by atoms with Gasteiger partial charge in [0.05, 0.1) is 41.0 Å². The van der Waals surface area contributed by atoms with Gasteiger partial charge in [-0.2, -0.15) is 18.3 Å². The molecule has 2 aromatic carbocycles. The van der Waals surface area contributed by atoms with Gasteiger partial charge < -0.3 is 4.74 Å². The number of hydrogen-bond acceptors (Lipinski definition) is 3. The fourth-order valence-electron chi connectivity index (χ4n) is 3.12. The molecular weight excluding hydrogens is 416 g/mol. The SMILES string of the molecule is COC(=O)c1ccc(Cl)c(Cn2nc(C)c3cc(C(F)(F)F)cc(C)c32)c1Cl. The number of carbonyl (C=O) groups is 1. The van der Waals surface area contributed by atoms with Gasteiger partial charge in [-0.25, -0.2) is 4.79 Å². The predicted octanol–water partition coefficient (Wildman–Crippen LogP) is 5.81. The molecule has 3 aromatic rings. The summed E-state index contributed by atoms with van der Waals surface area (Å²) in [5.41, 5.74) is 1.25. The van der Waals surface area contributed by atoms with Crippen LogP contribution in [0.1, 0.15) is 32.7 Å². The molecule has 0 aliphatic carbocycles. The fourth-order valence-corrected chi connectivity index (χ4v) is 3.69. The Balaban J connectivity index is 2.16. The summed E-state index contributed by atoms with van der Waals surface area (Å²) in [7, 11) is 1.24. The molecule has 0 amide bonds. The Bertz CT molecular complexity index is 1090. The first-order valence-electron chi connectivity index (χ1n) is 8.14. The highest BCUT2D eigenvalue weighted by molar-refractivity contribution is 6.38. The van der Waals surface area contributed by atoms with E-state index in [1.165, 1.54) is 23.9 Å². The van der Waals surface area contributed by atoms with Crippen molar-refractivity contribution >= 4 is 40.1 Å². The lowest BCUT2D eigenvalue weighted by Crippen LogP contribution is -2.09. The van der Waals surface area contributed by atoms with Gasteiger partial charge in [-0.15, -0.1) is 0 Å². The standard InChI is InChI=1S/C19H15Cl2F3N2O2/c1-9-6-11(19(22,23)24)7-13-10(2)25-26(17(9)13)8-14-15(20)5-4-12(16(14)21)18(27)28-3/h4-7H,8H2,1-3H3. The number of alkyl halides is 3. The number of carbonyl (C=O) groups excluding carboxylic acids is 1. The zero-order valence-electron chi connectivity index (χ0n) is 15.1. The first-order valence-corrected chi connectivity index (χ1v) is 8.90. The molecule has 3 rings (SSSR count). The smallest absolute Gasteiger partial charge is 0.416 e. The van der Waals surface area contributed by atoms with E-state index in [2.05, 4.69) is 5.10 Å². The third-order valence-corrected chi connectivity index (χ3v) is 5.23.